The Kier molecular flexibility index (Phi) is 9.68. The van der Waals surface area contributed by atoms with Gasteiger partial charge in [-0.2, -0.15) is 0 Å². The van der Waals surface area contributed by atoms with Gasteiger partial charge in [0.1, 0.15) is 0 Å². The summed E-state index contributed by atoms with van der Waals surface area (Å²) in [6, 6.07) is 9.66. The monoisotopic (exact) mass is 456 g/mol. The number of aliphatic imine (C=N–C) groups is 1. The van der Waals surface area contributed by atoms with Gasteiger partial charge < -0.3 is 20.1 Å². The highest BCUT2D eigenvalue weighted by Gasteiger charge is 2.06. The molecule has 0 saturated carbocycles. The molecule has 2 N–H and O–H groups in total. The summed E-state index contributed by atoms with van der Waals surface area (Å²) in [5.41, 5.74) is 2.05. The molecule has 0 aliphatic carbocycles. The fraction of sp³-hybridized carbons (Fsp3) is 0.333. The Bertz CT molecular complexity index is 665. The van der Waals surface area contributed by atoms with E-state index in [4.69, 9.17) is 9.47 Å². The van der Waals surface area contributed by atoms with Gasteiger partial charge >= 0.3 is 0 Å². The summed E-state index contributed by atoms with van der Waals surface area (Å²) in [5.74, 6) is 2.10. The van der Waals surface area contributed by atoms with Crippen LogP contribution in [0.3, 0.4) is 0 Å². The molecule has 1 heterocycles. The molecule has 0 unspecified atom stereocenters. The molecule has 0 aliphatic rings. The van der Waals surface area contributed by atoms with Gasteiger partial charge in [0.25, 0.3) is 0 Å². The lowest BCUT2D eigenvalue weighted by Gasteiger charge is -2.13. The number of nitrogens with one attached hydrogen (secondary N) is 2. The number of guanidine groups is 1. The van der Waals surface area contributed by atoms with E-state index >= 15 is 0 Å². The number of benzene rings is 1. The van der Waals surface area contributed by atoms with Crippen molar-refractivity contribution in [2.45, 2.75) is 13.3 Å². The fourth-order valence-corrected chi connectivity index (χ4v) is 2.20. The Labute approximate surface area is 166 Å². The van der Waals surface area contributed by atoms with Crippen LogP contribution in [-0.4, -0.2) is 38.3 Å². The minimum atomic E-state index is 0. The maximum absolute atomic E-state index is 5.33. The van der Waals surface area contributed by atoms with Crippen LogP contribution in [-0.2, 0) is 6.42 Å². The molecule has 0 spiro atoms. The van der Waals surface area contributed by atoms with Crippen LogP contribution in [0, 0.1) is 0 Å². The zero-order valence-electron chi connectivity index (χ0n) is 14.8. The van der Waals surface area contributed by atoms with Gasteiger partial charge in [-0.15, -0.1) is 24.0 Å². The summed E-state index contributed by atoms with van der Waals surface area (Å²) in [4.78, 5) is 8.71. The number of nitrogens with zero attached hydrogens (tertiary/aromatic N) is 2. The Morgan fingerprint density at radius 2 is 1.96 bits per heavy atom. The highest BCUT2D eigenvalue weighted by atomic mass is 127. The van der Waals surface area contributed by atoms with E-state index in [0.29, 0.717) is 18.0 Å². The zero-order valence-corrected chi connectivity index (χ0v) is 17.1. The minimum absolute atomic E-state index is 0. The van der Waals surface area contributed by atoms with Crippen molar-refractivity contribution >= 4 is 35.6 Å². The van der Waals surface area contributed by atoms with Gasteiger partial charge in [-0.25, -0.2) is 0 Å². The number of aromatic nitrogens is 1. The molecule has 1 aromatic heterocycles. The fourth-order valence-electron chi connectivity index (χ4n) is 2.20. The van der Waals surface area contributed by atoms with Crippen molar-refractivity contribution < 1.29 is 9.47 Å². The van der Waals surface area contributed by atoms with Crippen molar-refractivity contribution in [1.82, 2.24) is 10.3 Å². The first-order valence-electron chi connectivity index (χ1n) is 7.93. The molecule has 7 heteroatoms. The lowest BCUT2D eigenvalue weighted by atomic mass is 10.2. The van der Waals surface area contributed by atoms with Crippen LogP contribution in [0.25, 0.3) is 0 Å². The third-order valence-corrected chi connectivity index (χ3v) is 3.38. The summed E-state index contributed by atoms with van der Waals surface area (Å²) in [6.07, 6.45) is 4.48. The number of pyridine rings is 1. The molecular formula is C18H25IN4O2. The van der Waals surface area contributed by atoms with E-state index in [-0.39, 0.29) is 24.0 Å². The lowest BCUT2D eigenvalue weighted by molar-refractivity contribution is 0.355. The largest absolute Gasteiger partial charge is 0.493 e. The van der Waals surface area contributed by atoms with Crippen LogP contribution in [0.1, 0.15) is 12.5 Å². The standard InChI is InChI=1S/C18H24N4O2.HI/c1-4-20-18(21-11-9-14-6-5-10-19-13-14)22-15-7-8-16(23-2)17(12-15)24-3;/h5-8,10,12-13H,4,9,11H2,1-3H3,(H2,20,21,22);1H. The first kappa shape index (κ1) is 21.0. The Balaban J connectivity index is 0.00000312. The second-order valence-electron chi connectivity index (χ2n) is 5.07. The summed E-state index contributed by atoms with van der Waals surface area (Å²) in [6.45, 7) is 3.49. The molecule has 6 nitrogen and oxygen atoms in total. The molecular weight excluding hydrogens is 431 g/mol. The topological polar surface area (TPSA) is 67.8 Å². The normalized spacial score (nSPS) is 10.6. The molecule has 2 aromatic rings. The molecule has 136 valence electrons. The zero-order chi connectivity index (χ0) is 17.2. The van der Waals surface area contributed by atoms with Gasteiger partial charge in [0.05, 0.1) is 14.2 Å². The van der Waals surface area contributed by atoms with Crippen LogP contribution in [0.5, 0.6) is 11.5 Å². The Morgan fingerprint density at radius 3 is 2.60 bits per heavy atom. The van der Waals surface area contributed by atoms with E-state index in [1.807, 2.05) is 37.4 Å². The number of halogens is 1. The van der Waals surface area contributed by atoms with E-state index in [2.05, 4.69) is 26.7 Å². The van der Waals surface area contributed by atoms with Gasteiger partial charge in [0.2, 0.25) is 0 Å². The van der Waals surface area contributed by atoms with Crippen LogP contribution in [0.2, 0.25) is 0 Å². The molecule has 0 saturated heterocycles. The second-order valence-corrected chi connectivity index (χ2v) is 5.07. The quantitative estimate of drug-likeness (QED) is 0.380. The van der Waals surface area contributed by atoms with E-state index in [9.17, 15) is 0 Å². The predicted octanol–water partition coefficient (Wildman–Crippen LogP) is 3.34. The van der Waals surface area contributed by atoms with Gasteiger partial charge in [0, 0.05) is 37.2 Å². The number of ether oxygens (including phenoxy) is 2. The smallest absolute Gasteiger partial charge is 0.195 e. The summed E-state index contributed by atoms with van der Waals surface area (Å²) in [5, 5.41) is 6.51. The molecule has 0 fully saturated rings. The van der Waals surface area contributed by atoms with Gasteiger partial charge in [-0.3, -0.25) is 9.98 Å². The van der Waals surface area contributed by atoms with Gasteiger partial charge in [-0.05, 0) is 37.1 Å². The number of hydrogen-bond donors (Lipinski definition) is 2. The van der Waals surface area contributed by atoms with Crippen molar-refractivity contribution in [3.8, 4) is 11.5 Å². The highest BCUT2D eigenvalue weighted by molar-refractivity contribution is 14.0. The number of anilines is 1. The Morgan fingerprint density at radius 1 is 1.16 bits per heavy atom. The lowest BCUT2D eigenvalue weighted by Crippen LogP contribution is -2.30. The van der Waals surface area contributed by atoms with Crippen LogP contribution in [0.4, 0.5) is 5.69 Å². The van der Waals surface area contributed by atoms with Crippen molar-refractivity contribution in [1.29, 1.82) is 0 Å². The van der Waals surface area contributed by atoms with Crippen molar-refractivity contribution in [2.24, 2.45) is 4.99 Å². The number of methoxy groups -OCH3 is 2. The van der Waals surface area contributed by atoms with Crippen LogP contribution < -0.4 is 20.1 Å². The second kappa shape index (κ2) is 11.5. The first-order chi connectivity index (χ1) is 11.8. The van der Waals surface area contributed by atoms with E-state index in [1.54, 1.807) is 20.4 Å². The van der Waals surface area contributed by atoms with Crippen molar-refractivity contribution in [3.05, 3.63) is 48.3 Å². The van der Waals surface area contributed by atoms with Crippen molar-refractivity contribution in [3.63, 3.8) is 0 Å². The average molecular weight is 456 g/mol. The minimum Gasteiger partial charge on any atom is -0.493 e. The SMILES string of the molecule is CCNC(=NCCc1cccnc1)Nc1ccc(OC)c(OC)c1.I. The summed E-state index contributed by atoms with van der Waals surface area (Å²) >= 11 is 0. The molecule has 2 rings (SSSR count). The molecule has 0 bridgehead atoms. The average Bonchev–Trinajstić information content (AvgIpc) is 2.62. The molecule has 25 heavy (non-hydrogen) atoms. The van der Waals surface area contributed by atoms with E-state index in [1.165, 1.54) is 5.56 Å². The maximum Gasteiger partial charge on any atom is 0.195 e. The summed E-state index contributed by atoms with van der Waals surface area (Å²) < 4.78 is 10.6. The maximum atomic E-state index is 5.33. The Hall–Kier alpha value is -2.03. The predicted molar refractivity (Wildman–Crippen MR) is 113 cm³/mol. The molecule has 0 aliphatic heterocycles. The third kappa shape index (κ3) is 6.77. The third-order valence-electron chi connectivity index (χ3n) is 3.38. The van der Waals surface area contributed by atoms with Crippen LogP contribution in [0.15, 0.2) is 47.7 Å². The van der Waals surface area contributed by atoms with Gasteiger partial charge in [0.15, 0.2) is 17.5 Å². The van der Waals surface area contributed by atoms with Gasteiger partial charge in [-0.1, -0.05) is 6.07 Å². The first-order valence-corrected chi connectivity index (χ1v) is 7.93. The number of hydrogen-bond acceptors (Lipinski definition) is 4. The van der Waals surface area contributed by atoms with E-state index < -0.39 is 0 Å². The molecule has 1 aromatic carbocycles. The summed E-state index contributed by atoms with van der Waals surface area (Å²) in [7, 11) is 3.24. The molecule has 0 atom stereocenters. The highest BCUT2D eigenvalue weighted by Crippen LogP contribution is 2.29. The molecule has 0 amide bonds. The van der Waals surface area contributed by atoms with E-state index in [0.717, 1.165) is 24.6 Å². The number of rotatable bonds is 7. The van der Waals surface area contributed by atoms with Crippen LogP contribution >= 0.6 is 24.0 Å². The van der Waals surface area contributed by atoms with Crippen molar-refractivity contribution in [2.75, 3.05) is 32.6 Å². The molecule has 0 radical (unpaired) electrons.